The lowest BCUT2D eigenvalue weighted by Gasteiger charge is -2.20. The van der Waals surface area contributed by atoms with Crippen molar-refractivity contribution in [2.24, 2.45) is 0 Å². The Morgan fingerprint density at radius 2 is 2.14 bits per heavy atom. The van der Waals surface area contributed by atoms with E-state index in [4.69, 9.17) is 4.74 Å². The standard InChI is InChI=1S/C17H25N3O/c1-4-10-18-16(17-19-11-12-20(17)5-2)14-8-7-9-15(13-14)21-6-3/h7-9,11-13,16,18H,4-6,10H2,1-3H3. The van der Waals surface area contributed by atoms with Crippen molar-refractivity contribution < 1.29 is 4.74 Å². The summed E-state index contributed by atoms with van der Waals surface area (Å²) in [7, 11) is 0. The summed E-state index contributed by atoms with van der Waals surface area (Å²) in [5.41, 5.74) is 1.19. The highest BCUT2D eigenvalue weighted by Gasteiger charge is 2.18. The van der Waals surface area contributed by atoms with Crippen molar-refractivity contribution in [3.63, 3.8) is 0 Å². The lowest BCUT2D eigenvalue weighted by Crippen LogP contribution is -2.26. The highest BCUT2D eigenvalue weighted by Crippen LogP contribution is 2.24. The second-order valence-electron chi connectivity index (χ2n) is 4.96. The van der Waals surface area contributed by atoms with Crippen molar-refractivity contribution in [3.05, 3.63) is 48.0 Å². The van der Waals surface area contributed by atoms with E-state index in [9.17, 15) is 0 Å². The normalized spacial score (nSPS) is 12.3. The van der Waals surface area contributed by atoms with Crippen LogP contribution in [0.25, 0.3) is 0 Å². The van der Waals surface area contributed by atoms with Crippen molar-refractivity contribution in [3.8, 4) is 5.75 Å². The van der Waals surface area contributed by atoms with Crippen LogP contribution in [-0.2, 0) is 6.54 Å². The number of aromatic nitrogens is 2. The van der Waals surface area contributed by atoms with Gasteiger partial charge in [0.1, 0.15) is 11.6 Å². The molecule has 0 radical (unpaired) electrons. The van der Waals surface area contributed by atoms with Gasteiger partial charge in [0.25, 0.3) is 0 Å². The molecular weight excluding hydrogens is 262 g/mol. The molecule has 2 rings (SSSR count). The highest BCUT2D eigenvalue weighted by molar-refractivity contribution is 5.33. The second-order valence-corrected chi connectivity index (χ2v) is 4.96. The zero-order chi connectivity index (χ0) is 15.1. The molecule has 1 aromatic carbocycles. The van der Waals surface area contributed by atoms with Crippen molar-refractivity contribution in [2.75, 3.05) is 13.2 Å². The zero-order valence-corrected chi connectivity index (χ0v) is 13.2. The van der Waals surface area contributed by atoms with Gasteiger partial charge in [0.05, 0.1) is 12.6 Å². The second kappa shape index (κ2) is 7.84. The first-order chi connectivity index (χ1) is 10.3. The van der Waals surface area contributed by atoms with E-state index in [1.807, 2.05) is 31.5 Å². The molecule has 0 fully saturated rings. The van der Waals surface area contributed by atoms with Crippen LogP contribution in [0.5, 0.6) is 5.75 Å². The van der Waals surface area contributed by atoms with Crippen molar-refractivity contribution in [1.29, 1.82) is 0 Å². The fourth-order valence-electron chi connectivity index (χ4n) is 2.45. The number of imidazole rings is 1. The Morgan fingerprint density at radius 1 is 1.29 bits per heavy atom. The van der Waals surface area contributed by atoms with Crippen LogP contribution in [0.4, 0.5) is 0 Å². The van der Waals surface area contributed by atoms with Gasteiger partial charge in [-0.05, 0) is 44.5 Å². The fourth-order valence-corrected chi connectivity index (χ4v) is 2.45. The third-order valence-electron chi connectivity index (χ3n) is 3.45. The summed E-state index contributed by atoms with van der Waals surface area (Å²) in [4.78, 5) is 4.55. The van der Waals surface area contributed by atoms with Crippen LogP contribution in [0, 0.1) is 0 Å². The number of rotatable bonds is 8. The Kier molecular flexibility index (Phi) is 5.81. The summed E-state index contributed by atoms with van der Waals surface area (Å²) in [6.45, 7) is 8.87. The van der Waals surface area contributed by atoms with E-state index >= 15 is 0 Å². The third kappa shape index (κ3) is 3.85. The quantitative estimate of drug-likeness (QED) is 0.809. The van der Waals surface area contributed by atoms with Crippen LogP contribution in [0.1, 0.15) is 44.6 Å². The molecular formula is C17H25N3O. The molecule has 1 unspecified atom stereocenters. The van der Waals surface area contributed by atoms with E-state index in [1.54, 1.807) is 0 Å². The van der Waals surface area contributed by atoms with Crippen molar-refractivity contribution in [1.82, 2.24) is 14.9 Å². The summed E-state index contributed by atoms with van der Waals surface area (Å²) < 4.78 is 7.80. The topological polar surface area (TPSA) is 39.1 Å². The number of benzene rings is 1. The number of aryl methyl sites for hydroxylation is 1. The third-order valence-corrected chi connectivity index (χ3v) is 3.45. The minimum Gasteiger partial charge on any atom is -0.494 e. The van der Waals surface area contributed by atoms with Gasteiger partial charge >= 0.3 is 0 Å². The molecule has 0 aliphatic heterocycles. The van der Waals surface area contributed by atoms with Gasteiger partial charge in [0.2, 0.25) is 0 Å². The fraction of sp³-hybridized carbons (Fsp3) is 0.471. The lowest BCUT2D eigenvalue weighted by atomic mass is 10.1. The molecule has 0 aliphatic carbocycles. The summed E-state index contributed by atoms with van der Waals surface area (Å²) in [6.07, 6.45) is 4.99. The predicted octanol–water partition coefficient (Wildman–Crippen LogP) is 3.39. The summed E-state index contributed by atoms with van der Waals surface area (Å²) in [6, 6.07) is 8.37. The average Bonchev–Trinajstić information content (AvgIpc) is 2.97. The van der Waals surface area contributed by atoms with Crippen LogP contribution < -0.4 is 10.1 Å². The van der Waals surface area contributed by atoms with E-state index in [1.165, 1.54) is 5.56 Å². The average molecular weight is 287 g/mol. The van der Waals surface area contributed by atoms with Crippen LogP contribution in [0.2, 0.25) is 0 Å². The molecule has 2 aromatic rings. The zero-order valence-electron chi connectivity index (χ0n) is 13.2. The molecule has 1 heterocycles. The number of nitrogens with zero attached hydrogens (tertiary/aromatic N) is 2. The van der Waals surface area contributed by atoms with Crippen LogP contribution >= 0.6 is 0 Å². The largest absolute Gasteiger partial charge is 0.494 e. The number of ether oxygens (including phenoxy) is 1. The van der Waals surface area contributed by atoms with Crippen molar-refractivity contribution >= 4 is 0 Å². The molecule has 0 bridgehead atoms. The maximum absolute atomic E-state index is 5.62. The lowest BCUT2D eigenvalue weighted by molar-refractivity contribution is 0.339. The molecule has 0 aliphatic rings. The Balaban J connectivity index is 2.33. The van der Waals surface area contributed by atoms with Gasteiger partial charge in [-0.15, -0.1) is 0 Å². The van der Waals surface area contributed by atoms with Gasteiger partial charge < -0.3 is 14.6 Å². The van der Waals surface area contributed by atoms with Crippen molar-refractivity contribution in [2.45, 2.75) is 39.8 Å². The molecule has 4 heteroatoms. The minimum absolute atomic E-state index is 0.0975. The van der Waals surface area contributed by atoms with Gasteiger partial charge in [0.15, 0.2) is 0 Å². The van der Waals surface area contributed by atoms with Gasteiger partial charge in [0, 0.05) is 18.9 Å². The highest BCUT2D eigenvalue weighted by atomic mass is 16.5. The summed E-state index contributed by atoms with van der Waals surface area (Å²) in [5.74, 6) is 1.97. The monoisotopic (exact) mass is 287 g/mol. The summed E-state index contributed by atoms with van der Waals surface area (Å²) >= 11 is 0. The molecule has 0 saturated carbocycles. The molecule has 0 amide bonds. The number of hydrogen-bond donors (Lipinski definition) is 1. The first-order valence-electron chi connectivity index (χ1n) is 7.77. The molecule has 0 spiro atoms. The van der Waals surface area contributed by atoms with E-state index in [0.29, 0.717) is 6.61 Å². The van der Waals surface area contributed by atoms with Gasteiger partial charge in [-0.2, -0.15) is 0 Å². The number of hydrogen-bond acceptors (Lipinski definition) is 3. The Bertz CT molecular complexity index is 550. The first kappa shape index (κ1) is 15.6. The van der Waals surface area contributed by atoms with Crippen LogP contribution in [0.15, 0.2) is 36.7 Å². The summed E-state index contributed by atoms with van der Waals surface area (Å²) in [5, 5.41) is 3.59. The van der Waals surface area contributed by atoms with E-state index in [0.717, 1.165) is 31.1 Å². The van der Waals surface area contributed by atoms with Gasteiger partial charge in [-0.3, -0.25) is 0 Å². The van der Waals surface area contributed by atoms with E-state index in [2.05, 4.69) is 40.8 Å². The predicted molar refractivity (Wildman–Crippen MR) is 85.6 cm³/mol. The SMILES string of the molecule is CCCNC(c1cccc(OCC)c1)c1nccn1CC. The number of nitrogens with one attached hydrogen (secondary N) is 1. The molecule has 114 valence electrons. The maximum Gasteiger partial charge on any atom is 0.130 e. The molecule has 1 aromatic heterocycles. The molecule has 1 atom stereocenters. The Morgan fingerprint density at radius 3 is 2.86 bits per heavy atom. The van der Waals surface area contributed by atoms with Gasteiger partial charge in [-0.1, -0.05) is 19.1 Å². The Hall–Kier alpha value is -1.81. The molecule has 21 heavy (non-hydrogen) atoms. The first-order valence-corrected chi connectivity index (χ1v) is 7.77. The minimum atomic E-state index is 0.0975. The molecule has 0 saturated heterocycles. The Labute approximate surface area is 127 Å². The van der Waals surface area contributed by atoms with Crippen LogP contribution in [-0.4, -0.2) is 22.7 Å². The van der Waals surface area contributed by atoms with Gasteiger partial charge in [-0.25, -0.2) is 4.98 Å². The smallest absolute Gasteiger partial charge is 0.130 e. The maximum atomic E-state index is 5.62. The molecule has 4 nitrogen and oxygen atoms in total. The van der Waals surface area contributed by atoms with E-state index in [-0.39, 0.29) is 6.04 Å². The van der Waals surface area contributed by atoms with E-state index < -0.39 is 0 Å². The van der Waals surface area contributed by atoms with Crippen LogP contribution in [0.3, 0.4) is 0 Å². The molecule has 1 N–H and O–H groups in total.